The summed E-state index contributed by atoms with van der Waals surface area (Å²) in [6.07, 6.45) is 8.37. The summed E-state index contributed by atoms with van der Waals surface area (Å²) in [5.74, 6) is 3.34. The van der Waals surface area contributed by atoms with Gasteiger partial charge in [0.25, 0.3) is 0 Å². The third-order valence-electron chi connectivity index (χ3n) is 3.81. The Hall–Kier alpha value is -1.32. The molecule has 19 heavy (non-hydrogen) atoms. The predicted octanol–water partition coefficient (Wildman–Crippen LogP) is 3.54. The Morgan fingerprint density at radius 1 is 1.32 bits per heavy atom. The zero-order valence-corrected chi connectivity index (χ0v) is 12.2. The maximum Gasteiger partial charge on any atom is 0.224 e. The maximum atomic E-state index is 4.48. The van der Waals surface area contributed by atoms with Gasteiger partial charge in [0.05, 0.1) is 0 Å². The van der Waals surface area contributed by atoms with Crippen LogP contribution < -0.4 is 10.6 Å². The van der Waals surface area contributed by atoms with Crippen LogP contribution in [0.1, 0.15) is 46.0 Å². The number of aromatic nitrogens is 2. The lowest BCUT2D eigenvalue weighted by Crippen LogP contribution is -2.21. The van der Waals surface area contributed by atoms with Gasteiger partial charge in [0.1, 0.15) is 5.82 Å². The Bertz CT molecular complexity index is 380. The Morgan fingerprint density at radius 2 is 2.21 bits per heavy atom. The maximum absolute atomic E-state index is 4.48. The second-order valence-electron chi connectivity index (χ2n) is 5.71. The average Bonchev–Trinajstić information content (AvgIpc) is 2.43. The Morgan fingerprint density at radius 3 is 3.00 bits per heavy atom. The molecule has 2 atom stereocenters. The molecule has 2 unspecified atom stereocenters. The topological polar surface area (TPSA) is 49.8 Å². The lowest BCUT2D eigenvalue weighted by Gasteiger charge is -2.26. The molecule has 1 saturated carbocycles. The number of hydrogen-bond acceptors (Lipinski definition) is 4. The molecule has 0 amide bonds. The molecule has 4 nitrogen and oxygen atoms in total. The lowest BCUT2D eigenvalue weighted by atomic mass is 9.82. The van der Waals surface area contributed by atoms with E-state index in [0.29, 0.717) is 0 Å². The summed E-state index contributed by atoms with van der Waals surface area (Å²) >= 11 is 0. The van der Waals surface area contributed by atoms with Crippen molar-refractivity contribution in [3.63, 3.8) is 0 Å². The number of nitrogens with zero attached hydrogens (tertiary/aromatic N) is 2. The molecule has 0 aliphatic heterocycles. The van der Waals surface area contributed by atoms with E-state index in [4.69, 9.17) is 0 Å². The van der Waals surface area contributed by atoms with E-state index >= 15 is 0 Å². The van der Waals surface area contributed by atoms with Gasteiger partial charge in [0.15, 0.2) is 0 Å². The van der Waals surface area contributed by atoms with Gasteiger partial charge >= 0.3 is 0 Å². The van der Waals surface area contributed by atoms with Crippen molar-refractivity contribution in [2.24, 2.45) is 11.8 Å². The van der Waals surface area contributed by atoms with Gasteiger partial charge in [-0.2, -0.15) is 4.98 Å². The summed E-state index contributed by atoms with van der Waals surface area (Å²) in [5, 5.41) is 6.68. The predicted molar refractivity (Wildman–Crippen MR) is 80.4 cm³/mol. The van der Waals surface area contributed by atoms with Crippen LogP contribution >= 0.6 is 0 Å². The van der Waals surface area contributed by atoms with E-state index in [2.05, 4.69) is 34.4 Å². The second kappa shape index (κ2) is 7.31. The molecule has 2 rings (SSSR count). The molecule has 1 aliphatic carbocycles. The minimum absolute atomic E-state index is 0.726. The normalized spacial score (nSPS) is 23.1. The largest absolute Gasteiger partial charge is 0.370 e. The number of hydrogen-bond donors (Lipinski definition) is 2. The first-order valence-electron chi connectivity index (χ1n) is 7.58. The molecular formula is C15H26N4. The molecule has 4 heteroatoms. The van der Waals surface area contributed by atoms with Gasteiger partial charge in [-0.1, -0.05) is 26.7 Å². The fourth-order valence-electron chi connectivity index (χ4n) is 2.77. The summed E-state index contributed by atoms with van der Waals surface area (Å²) < 4.78 is 0. The van der Waals surface area contributed by atoms with Crippen molar-refractivity contribution in [1.82, 2.24) is 9.97 Å². The van der Waals surface area contributed by atoms with Gasteiger partial charge in [0, 0.05) is 19.3 Å². The van der Waals surface area contributed by atoms with Crippen LogP contribution in [0, 0.1) is 11.8 Å². The van der Waals surface area contributed by atoms with E-state index in [1.54, 1.807) is 0 Å². The summed E-state index contributed by atoms with van der Waals surface area (Å²) in [6.45, 7) is 6.46. The minimum atomic E-state index is 0.726. The Balaban J connectivity index is 1.81. The van der Waals surface area contributed by atoms with Crippen molar-refractivity contribution in [3.05, 3.63) is 12.3 Å². The monoisotopic (exact) mass is 262 g/mol. The minimum Gasteiger partial charge on any atom is -0.370 e. The summed E-state index contributed by atoms with van der Waals surface area (Å²) in [5.41, 5.74) is 0. The van der Waals surface area contributed by atoms with Crippen molar-refractivity contribution < 1.29 is 0 Å². The third-order valence-corrected chi connectivity index (χ3v) is 3.81. The van der Waals surface area contributed by atoms with E-state index in [9.17, 15) is 0 Å². The number of rotatable bonds is 6. The zero-order chi connectivity index (χ0) is 13.5. The fourth-order valence-corrected chi connectivity index (χ4v) is 2.77. The molecule has 1 aromatic rings. The van der Waals surface area contributed by atoms with E-state index in [1.807, 2.05) is 12.3 Å². The van der Waals surface area contributed by atoms with E-state index in [0.717, 1.165) is 43.1 Å². The SMILES string of the molecule is CCCNc1nccc(NCC2CCCC(C)C2)n1. The number of nitrogens with one attached hydrogen (secondary N) is 2. The van der Waals surface area contributed by atoms with Crippen molar-refractivity contribution >= 4 is 11.8 Å². The quantitative estimate of drug-likeness (QED) is 0.823. The summed E-state index contributed by atoms with van der Waals surface area (Å²) in [4.78, 5) is 8.70. The van der Waals surface area contributed by atoms with Crippen molar-refractivity contribution in [2.75, 3.05) is 23.7 Å². The van der Waals surface area contributed by atoms with Crippen LogP contribution in [0.15, 0.2) is 12.3 Å². The van der Waals surface area contributed by atoms with Crippen LogP contribution in [0.4, 0.5) is 11.8 Å². The molecule has 106 valence electrons. The highest BCUT2D eigenvalue weighted by Gasteiger charge is 2.18. The van der Waals surface area contributed by atoms with Gasteiger partial charge in [-0.15, -0.1) is 0 Å². The molecule has 0 spiro atoms. The van der Waals surface area contributed by atoms with Crippen molar-refractivity contribution in [3.8, 4) is 0 Å². The average molecular weight is 262 g/mol. The Labute approximate surface area is 116 Å². The molecular weight excluding hydrogens is 236 g/mol. The van der Waals surface area contributed by atoms with Crippen molar-refractivity contribution in [2.45, 2.75) is 46.0 Å². The lowest BCUT2D eigenvalue weighted by molar-refractivity contribution is 0.293. The number of anilines is 2. The molecule has 0 aromatic carbocycles. The van der Waals surface area contributed by atoms with E-state index < -0.39 is 0 Å². The second-order valence-corrected chi connectivity index (χ2v) is 5.71. The highest BCUT2D eigenvalue weighted by molar-refractivity contribution is 5.39. The van der Waals surface area contributed by atoms with Crippen LogP contribution in [0.25, 0.3) is 0 Å². The molecule has 1 heterocycles. The molecule has 0 radical (unpaired) electrons. The van der Waals surface area contributed by atoms with E-state index in [1.165, 1.54) is 25.7 Å². The van der Waals surface area contributed by atoms with Crippen LogP contribution in [0.5, 0.6) is 0 Å². The van der Waals surface area contributed by atoms with E-state index in [-0.39, 0.29) is 0 Å². The van der Waals surface area contributed by atoms with Gasteiger partial charge < -0.3 is 10.6 Å². The highest BCUT2D eigenvalue weighted by Crippen LogP contribution is 2.28. The molecule has 0 bridgehead atoms. The Kier molecular flexibility index (Phi) is 5.43. The van der Waals surface area contributed by atoms with Crippen LogP contribution in [-0.4, -0.2) is 23.1 Å². The highest BCUT2D eigenvalue weighted by atomic mass is 15.1. The first-order chi connectivity index (χ1) is 9.28. The van der Waals surface area contributed by atoms with Gasteiger partial charge in [-0.3, -0.25) is 0 Å². The molecule has 1 fully saturated rings. The molecule has 0 saturated heterocycles. The molecule has 2 N–H and O–H groups in total. The van der Waals surface area contributed by atoms with Crippen LogP contribution in [-0.2, 0) is 0 Å². The standard InChI is InChI=1S/C15H26N4/c1-3-8-16-15-17-9-7-14(19-15)18-11-13-6-4-5-12(2)10-13/h7,9,12-13H,3-6,8,10-11H2,1-2H3,(H2,16,17,18,19). The van der Waals surface area contributed by atoms with Crippen LogP contribution in [0.2, 0.25) is 0 Å². The third kappa shape index (κ3) is 4.69. The smallest absolute Gasteiger partial charge is 0.224 e. The fraction of sp³-hybridized carbons (Fsp3) is 0.733. The van der Waals surface area contributed by atoms with Gasteiger partial charge in [0.2, 0.25) is 5.95 Å². The zero-order valence-electron chi connectivity index (χ0n) is 12.2. The molecule has 1 aromatic heterocycles. The first kappa shape index (κ1) is 14.1. The van der Waals surface area contributed by atoms with Crippen molar-refractivity contribution in [1.29, 1.82) is 0 Å². The van der Waals surface area contributed by atoms with Gasteiger partial charge in [-0.05, 0) is 37.2 Å². The summed E-state index contributed by atoms with van der Waals surface area (Å²) in [6, 6.07) is 1.95. The molecule has 1 aliphatic rings. The first-order valence-corrected chi connectivity index (χ1v) is 7.58. The summed E-state index contributed by atoms with van der Waals surface area (Å²) in [7, 11) is 0. The van der Waals surface area contributed by atoms with Gasteiger partial charge in [-0.25, -0.2) is 4.98 Å². The van der Waals surface area contributed by atoms with Crippen LogP contribution in [0.3, 0.4) is 0 Å².